The van der Waals surface area contributed by atoms with Gasteiger partial charge in [0.15, 0.2) is 11.5 Å². The lowest BCUT2D eigenvalue weighted by molar-refractivity contribution is 0.220. The zero-order valence-corrected chi connectivity index (χ0v) is 12.9. The van der Waals surface area contributed by atoms with Gasteiger partial charge in [0.1, 0.15) is 11.6 Å². The fourth-order valence-electron chi connectivity index (χ4n) is 3.10. The second-order valence-electron chi connectivity index (χ2n) is 5.56. The summed E-state index contributed by atoms with van der Waals surface area (Å²) in [5, 5.41) is 0. The first kappa shape index (κ1) is 14.5. The standard InChI is InChI=1S/C16H19NO3S/c1-19-14-6-4-5-13(15(14)20-12-9-21-10-12)16(17-11-18)7-2-3-8-16/h4-6,12H,2-3,7-10H2,1H3. The molecule has 0 spiro atoms. The van der Waals surface area contributed by atoms with Crippen LogP contribution in [0.5, 0.6) is 11.5 Å². The molecule has 2 aliphatic rings. The van der Waals surface area contributed by atoms with E-state index in [2.05, 4.69) is 4.99 Å². The number of para-hydroxylation sites is 1. The van der Waals surface area contributed by atoms with Gasteiger partial charge in [-0.15, -0.1) is 0 Å². The van der Waals surface area contributed by atoms with Crippen LogP contribution in [0.3, 0.4) is 0 Å². The Morgan fingerprint density at radius 1 is 1.33 bits per heavy atom. The molecule has 4 nitrogen and oxygen atoms in total. The number of carbonyl (C=O) groups excluding carboxylic acids is 1. The number of rotatable bonds is 5. The fourth-order valence-corrected chi connectivity index (χ4v) is 3.67. The fraction of sp³-hybridized carbons (Fsp3) is 0.562. The molecule has 0 bridgehead atoms. The Kier molecular flexibility index (Phi) is 4.22. The molecule has 0 atom stereocenters. The maximum absolute atomic E-state index is 10.9. The summed E-state index contributed by atoms with van der Waals surface area (Å²) in [6.45, 7) is 0. The Morgan fingerprint density at radius 2 is 2.10 bits per heavy atom. The molecule has 0 aromatic heterocycles. The van der Waals surface area contributed by atoms with Gasteiger partial charge in [-0.3, -0.25) is 0 Å². The van der Waals surface area contributed by atoms with E-state index >= 15 is 0 Å². The van der Waals surface area contributed by atoms with Crippen molar-refractivity contribution in [3.63, 3.8) is 0 Å². The van der Waals surface area contributed by atoms with Gasteiger partial charge >= 0.3 is 0 Å². The summed E-state index contributed by atoms with van der Waals surface area (Å²) in [7, 11) is 1.64. The Labute approximate surface area is 128 Å². The van der Waals surface area contributed by atoms with Crippen molar-refractivity contribution in [3.8, 4) is 11.5 Å². The van der Waals surface area contributed by atoms with Crippen LogP contribution in [0.2, 0.25) is 0 Å². The predicted molar refractivity (Wildman–Crippen MR) is 83.0 cm³/mol. The first-order valence-corrected chi connectivity index (χ1v) is 8.45. The lowest BCUT2D eigenvalue weighted by Crippen LogP contribution is -2.32. The van der Waals surface area contributed by atoms with Gasteiger partial charge in [0.05, 0.1) is 7.11 Å². The van der Waals surface area contributed by atoms with Crippen molar-refractivity contribution in [3.05, 3.63) is 23.8 Å². The van der Waals surface area contributed by atoms with E-state index < -0.39 is 5.54 Å². The second kappa shape index (κ2) is 6.12. The lowest BCUT2D eigenvalue weighted by Gasteiger charge is -2.31. The summed E-state index contributed by atoms with van der Waals surface area (Å²) >= 11 is 1.87. The second-order valence-corrected chi connectivity index (χ2v) is 6.63. The molecule has 2 fully saturated rings. The number of ether oxygens (including phenoxy) is 2. The average Bonchev–Trinajstić information content (AvgIpc) is 2.92. The quantitative estimate of drug-likeness (QED) is 0.618. The summed E-state index contributed by atoms with van der Waals surface area (Å²) in [6.07, 6.45) is 5.87. The molecule has 1 aromatic carbocycles. The highest BCUT2D eigenvalue weighted by atomic mass is 32.2. The van der Waals surface area contributed by atoms with E-state index in [9.17, 15) is 4.79 Å². The van der Waals surface area contributed by atoms with E-state index in [1.54, 1.807) is 13.2 Å². The highest BCUT2D eigenvalue weighted by Gasteiger charge is 2.39. The minimum absolute atomic E-state index is 0.226. The monoisotopic (exact) mass is 305 g/mol. The lowest BCUT2D eigenvalue weighted by atomic mass is 9.88. The van der Waals surface area contributed by atoms with E-state index in [4.69, 9.17) is 9.47 Å². The van der Waals surface area contributed by atoms with Gasteiger partial charge < -0.3 is 9.47 Å². The summed E-state index contributed by atoms with van der Waals surface area (Å²) in [4.78, 5) is 15.1. The number of isocyanates is 1. The van der Waals surface area contributed by atoms with Crippen LogP contribution in [0.4, 0.5) is 0 Å². The largest absolute Gasteiger partial charge is 0.493 e. The molecule has 5 heteroatoms. The van der Waals surface area contributed by atoms with E-state index in [1.807, 2.05) is 30.0 Å². The first-order valence-electron chi connectivity index (χ1n) is 7.30. The topological polar surface area (TPSA) is 47.9 Å². The Hall–Kier alpha value is -1.45. The van der Waals surface area contributed by atoms with Crippen LogP contribution >= 0.6 is 11.8 Å². The van der Waals surface area contributed by atoms with E-state index in [0.29, 0.717) is 0 Å². The summed E-state index contributed by atoms with van der Waals surface area (Å²) in [5.41, 5.74) is 0.488. The molecular formula is C16H19NO3S. The molecule has 1 aliphatic carbocycles. The van der Waals surface area contributed by atoms with Gasteiger partial charge in [0, 0.05) is 17.1 Å². The molecule has 112 valence electrons. The van der Waals surface area contributed by atoms with Crippen LogP contribution in [-0.4, -0.2) is 30.8 Å². The van der Waals surface area contributed by atoms with Gasteiger partial charge in [-0.05, 0) is 18.9 Å². The number of nitrogens with zero attached hydrogens (tertiary/aromatic N) is 1. The third-order valence-corrected chi connectivity index (χ3v) is 5.50. The maximum atomic E-state index is 10.9. The summed E-state index contributed by atoms with van der Waals surface area (Å²) < 4.78 is 11.6. The molecule has 0 N–H and O–H groups in total. The van der Waals surface area contributed by atoms with Crippen LogP contribution in [0.25, 0.3) is 0 Å². The third kappa shape index (κ3) is 2.68. The molecule has 1 heterocycles. The Balaban J connectivity index is 2.04. The predicted octanol–water partition coefficient (Wildman–Crippen LogP) is 3.29. The number of benzene rings is 1. The minimum atomic E-state index is -0.484. The molecule has 1 aromatic rings. The first-order chi connectivity index (χ1) is 10.3. The van der Waals surface area contributed by atoms with Crippen molar-refractivity contribution >= 4 is 17.8 Å². The van der Waals surface area contributed by atoms with Crippen molar-refractivity contribution in [2.75, 3.05) is 18.6 Å². The maximum Gasteiger partial charge on any atom is 0.235 e. The number of methoxy groups -OCH3 is 1. The third-order valence-electron chi connectivity index (χ3n) is 4.28. The van der Waals surface area contributed by atoms with E-state index in [0.717, 1.165) is 54.3 Å². The van der Waals surface area contributed by atoms with Crippen molar-refractivity contribution in [1.82, 2.24) is 0 Å². The zero-order chi connectivity index (χ0) is 14.7. The smallest absolute Gasteiger partial charge is 0.235 e. The molecule has 0 radical (unpaired) electrons. The van der Waals surface area contributed by atoms with Gasteiger partial charge in [-0.2, -0.15) is 16.8 Å². The normalized spacial score (nSPS) is 20.4. The molecule has 1 aliphatic heterocycles. The molecule has 0 unspecified atom stereocenters. The molecule has 21 heavy (non-hydrogen) atoms. The van der Waals surface area contributed by atoms with E-state index in [1.165, 1.54) is 0 Å². The molecule has 3 rings (SSSR count). The molecule has 0 amide bonds. The van der Waals surface area contributed by atoms with Crippen molar-refractivity contribution < 1.29 is 14.3 Å². The summed E-state index contributed by atoms with van der Waals surface area (Å²) in [5.74, 6) is 3.48. The van der Waals surface area contributed by atoms with Crippen LogP contribution < -0.4 is 9.47 Å². The molecular weight excluding hydrogens is 286 g/mol. The van der Waals surface area contributed by atoms with Crippen LogP contribution in [-0.2, 0) is 10.3 Å². The Bertz CT molecular complexity index is 559. The Morgan fingerprint density at radius 3 is 2.67 bits per heavy atom. The SMILES string of the molecule is COc1cccc(C2(N=C=O)CCCC2)c1OC1CSC1. The van der Waals surface area contributed by atoms with Gasteiger partial charge in [-0.1, -0.05) is 25.0 Å². The highest BCUT2D eigenvalue weighted by molar-refractivity contribution is 8.00. The van der Waals surface area contributed by atoms with Crippen molar-refractivity contribution in [1.29, 1.82) is 0 Å². The molecule has 1 saturated carbocycles. The van der Waals surface area contributed by atoms with Crippen LogP contribution in [0.1, 0.15) is 31.2 Å². The van der Waals surface area contributed by atoms with Crippen molar-refractivity contribution in [2.45, 2.75) is 37.3 Å². The average molecular weight is 305 g/mol. The van der Waals surface area contributed by atoms with Gasteiger partial charge in [0.2, 0.25) is 6.08 Å². The van der Waals surface area contributed by atoms with E-state index in [-0.39, 0.29) is 6.10 Å². The number of hydrogen-bond donors (Lipinski definition) is 0. The minimum Gasteiger partial charge on any atom is -0.493 e. The van der Waals surface area contributed by atoms with Gasteiger partial charge in [0.25, 0.3) is 0 Å². The van der Waals surface area contributed by atoms with Crippen molar-refractivity contribution in [2.24, 2.45) is 4.99 Å². The number of thioether (sulfide) groups is 1. The van der Waals surface area contributed by atoms with Gasteiger partial charge in [-0.25, -0.2) is 4.79 Å². The van der Waals surface area contributed by atoms with Crippen LogP contribution in [0, 0.1) is 0 Å². The van der Waals surface area contributed by atoms with Crippen LogP contribution in [0.15, 0.2) is 23.2 Å². The highest BCUT2D eigenvalue weighted by Crippen LogP contribution is 2.48. The molecule has 1 saturated heterocycles. The number of aliphatic imine (C=N–C) groups is 1. The summed E-state index contributed by atoms with van der Waals surface area (Å²) in [6, 6.07) is 5.85. The number of hydrogen-bond acceptors (Lipinski definition) is 5. The zero-order valence-electron chi connectivity index (χ0n) is 12.1.